The highest BCUT2D eigenvalue weighted by molar-refractivity contribution is 5.69. The zero-order valence-electron chi connectivity index (χ0n) is 13.4. The van der Waals surface area contributed by atoms with Crippen molar-refractivity contribution in [3.8, 4) is 0 Å². The Kier molecular flexibility index (Phi) is 13.5. The van der Waals surface area contributed by atoms with Crippen LogP contribution in [0.4, 0.5) is 0 Å². The molecule has 0 spiro atoms. The first-order valence-electron chi connectivity index (χ1n) is 8.32. The molecule has 0 atom stereocenters. The van der Waals surface area contributed by atoms with Gasteiger partial charge in [0, 0.05) is 6.42 Å². The van der Waals surface area contributed by atoms with E-state index in [-0.39, 0.29) is 5.97 Å². The van der Waals surface area contributed by atoms with Crippen molar-refractivity contribution in [3.05, 3.63) is 0 Å². The fourth-order valence-electron chi connectivity index (χ4n) is 2.14. The van der Waals surface area contributed by atoms with Gasteiger partial charge in [0.1, 0.15) is 0 Å². The van der Waals surface area contributed by atoms with Crippen LogP contribution in [-0.4, -0.2) is 12.6 Å². The Hall–Kier alpha value is -0.530. The molecule has 0 aliphatic carbocycles. The van der Waals surface area contributed by atoms with Gasteiger partial charge in [0.2, 0.25) is 0 Å². The summed E-state index contributed by atoms with van der Waals surface area (Å²) in [6.45, 7) is 7.35. The molecule has 0 rings (SSSR count). The van der Waals surface area contributed by atoms with E-state index >= 15 is 0 Å². The average Bonchev–Trinajstić information content (AvgIpc) is 2.37. The molecule has 0 N–H and O–H groups in total. The van der Waals surface area contributed by atoms with E-state index in [1.54, 1.807) is 0 Å². The van der Waals surface area contributed by atoms with Gasteiger partial charge in [-0.15, -0.1) is 0 Å². The van der Waals surface area contributed by atoms with Crippen LogP contribution in [0.15, 0.2) is 0 Å². The summed E-state index contributed by atoms with van der Waals surface area (Å²) < 4.78 is 5.23. The largest absolute Gasteiger partial charge is 0.466 e. The van der Waals surface area contributed by atoms with Crippen molar-refractivity contribution in [3.63, 3.8) is 0 Å². The lowest BCUT2D eigenvalue weighted by Gasteiger charge is -2.05. The number of hydrogen-bond acceptors (Lipinski definition) is 2. The predicted octanol–water partition coefficient (Wildman–Crippen LogP) is 5.50. The van der Waals surface area contributed by atoms with Crippen LogP contribution in [0, 0.1) is 5.92 Å². The molecule has 0 aliphatic rings. The third-order valence-corrected chi connectivity index (χ3v) is 3.42. The van der Waals surface area contributed by atoms with Crippen molar-refractivity contribution >= 4 is 5.97 Å². The number of carbonyl (C=O) groups excluding carboxylic acids is 1. The molecule has 0 saturated heterocycles. The summed E-state index contributed by atoms with van der Waals surface area (Å²) in [5, 5.41) is 0. The quantitative estimate of drug-likeness (QED) is 0.326. The summed E-state index contributed by atoms with van der Waals surface area (Å²) >= 11 is 0. The molecule has 0 unspecified atom stereocenters. The second kappa shape index (κ2) is 13.9. The zero-order valence-corrected chi connectivity index (χ0v) is 13.4. The van der Waals surface area contributed by atoms with Crippen molar-refractivity contribution in [2.45, 2.75) is 91.4 Å². The van der Waals surface area contributed by atoms with E-state index in [0.717, 1.165) is 18.8 Å². The zero-order chi connectivity index (χ0) is 14.3. The molecule has 0 aromatic carbocycles. The minimum atomic E-state index is -0.000601. The molecule has 2 nitrogen and oxygen atoms in total. The molecule has 0 aliphatic heterocycles. The molecule has 0 radical (unpaired) electrons. The first-order valence-corrected chi connectivity index (χ1v) is 8.32. The molecular formula is C17H34O2. The Morgan fingerprint density at radius 2 is 1.53 bits per heavy atom. The lowest BCUT2D eigenvalue weighted by molar-refractivity contribution is -0.143. The summed E-state index contributed by atoms with van der Waals surface area (Å²) in [7, 11) is 0. The number of carbonyl (C=O) groups is 1. The number of hydrogen-bond donors (Lipinski definition) is 0. The molecule has 0 saturated carbocycles. The standard InChI is InChI=1S/C17H34O2/c1-4-5-6-9-12-15-19-17(18)14-11-8-7-10-13-16(2)3/h16H,4-15H2,1-3H3. The van der Waals surface area contributed by atoms with Gasteiger partial charge >= 0.3 is 5.97 Å². The fourth-order valence-corrected chi connectivity index (χ4v) is 2.14. The van der Waals surface area contributed by atoms with E-state index in [0.29, 0.717) is 13.0 Å². The Morgan fingerprint density at radius 1 is 0.895 bits per heavy atom. The van der Waals surface area contributed by atoms with Crippen LogP contribution in [-0.2, 0) is 9.53 Å². The van der Waals surface area contributed by atoms with Gasteiger partial charge in [0.15, 0.2) is 0 Å². The van der Waals surface area contributed by atoms with Crippen molar-refractivity contribution in [1.82, 2.24) is 0 Å². The van der Waals surface area contributed by atoms with Crippen molar-refractivity contribution < 1.29 is 9.53 Å². The highest BCUT2D eigenvalue weighted by Crippen LogP contribution is 2.11. The van der Waals surface area contributed by atoms with Gasteiger partial charge in [0.05, 0.1) is 6.61 Å². The normalized spacial score (nSPS) is 10.9. The second-order valence-electron chi connectivity index (χ2n) is 5.98. The number of esters is 1. The summed E-state index contributed by atoms with van der Waals surface area (Å²) in [5.74, 6) is 0.803. The van der Waals surface area contributed by atoms with Crippen LogP contribution in [0.25, 0.3) is 0 Å². The smallest absolute Gasteiger partial charge is 0.305 e. The minimum Gasteiger partial charge on any atom is -0.466 e. The molecule has 2 heteroatoms. The maximum Gasteiger partial charge on any atom is 0.305 e. The maximum absolute atomic E-state index is 11.5. The van der Waals surface area contributed by atoms with E-state index < -0.39 is 0 Å². The first kappa shape index (κ1) is 18.5. The number of ether oxygens (including phenoxy) is 1. The third-order valence-electron chi connectivity index (χ3n) is 3.42. The van der Waals surface area contributed by atoms with E-state index in [2.05, 4.69) is 20.8 Å². The second-order valence-corrected chi connectivity index (χ2v) is 5.98. The van der Waals surface area contributed by atoms with Crippen LogP contribution >= 0.6 is 0 Å². The molecule has 0 fully saturated rings. The Morgan fingerprint density at radius 3 is 2.21 bits per heavy atom. The number of rotatable bonds is 13. The molecule has 0 aromatic heterocycles. The summed E-state index contributed by atoms with van der Waals surface area (Å²) in [4.78, 5) is 11.5. The Balaban J connectivity index is 3.17. The van der Waals surface area contributed by atoms with Crippen LogP contribution in [0.2, 0.25) is 0 Å². The highest BCUT2D eigenvalue weighted by atomic mass is 16.5. The lowest BCUT2D eigenvalue weighted by atomic mass is 10.0. The summed E-state index contributed by atoms with van der Waals surface area (Å²) in [6.07, 6.45) is 12.7. The summed E-state index contributed by atoms with van der Waals surface area (Å²) in [6, 6.07) is 0. The minimum absolute atomic E-state index is 0.000601. The fraction of sp³-hybridized carbons (Fsp3) is 0.941. The summed E-state index contributed by atoms with van der Waals surface area (Å²) in [5.41, 5.74) is 0. The molecule has 114 valence electrons. The molecule has 0 heterocycles. The lowest BCUT2D eigenvalue weighted by Crippen LogP contribution is -2.05. The van der Waals surface area contributed by atoms with Gasteiger partial charge < -0.3 is 4.74 Å². The molecule has 0 bridgehead atoms. The van der Waals surface area contributed by atoms with Crippen LogP contribution in [0.3, 0.4) is 0 Å². The topological polar surface area (TPSA) is 26.3 Å². The number of unbranched alkanes of at least 4 members (excludes halogenated alkanes) is 7. The average molecular weight is 270 g/mol. The Bertz CT molecular complexity index is 199. The van der Waals surface area contributed by atoms with E-state index in [4.69, 9.17) is 4.74 Å². The van der Waals surface area contributed by atoms with Crippen molar-refractivity contribution in [2.75, 3.05) is 6.61 Å². The van der Waals surface area contributed by atoms with Crippen LogP contribution < -0.4 is 0 Å². The SMILES string of the molecule is CCCCCCCOC(=O)CCCCCCC(C)C. The Labute approximate surface area is 120 Å². The van der Waals surface area contributed by atoms with Gasteiger partial charge in [-0.05, 0) is 18.8 Å². The van der Waals surface area contributed by atoms with Crippen molar-refractivity contribution in [1.29, 1.82) is 0 Å². The van der Waals surface area contributed by atoms with Gasteiger partial charge in [-0.3, -0.25) is 4.79 Å². The van der Waals surface area contributed by atoms with Gasteiger partial charge in [-0.1, -0.05) is 72.1 Å². The van der Waals surface area contributed by atoms with Crippen LogP contribution in [0.1, 0.15) is 91.4 Å². The molecule has 19 heavy (non-hydrogen) atoms. The maximum atomic E-state index is 11.5. The van der Waals surface area contributed by atoms with Crippen LogP contribution in [0.5, 0.6) is 0 Å². The molecule has 0 aromatic rings. The van der Waals surface area contributed by atoms with E-state index in [1.807, 2.05) is 0 Å². The monoisotopic (exact) mass is 270 g/mol. The van der Waals surface area contributed by atoms with E-state index in [9.17, 15) is 4.79 Å². The predicted molar refractivity (Wildman–Crippen MR) is 82.3 cm³/mol. The third kappa shape index (κ3) is 15.4. The van der Waals surface area contributed by atoms with E-state index in [1.165, 1.54) is 51.4 Å². The highest BCUT2D eigenvalue weighted by Gasteiger charge is 2.02. The first-order chi connectivity index (χ1) is 9.16. The van der Waals surface area contributed by atoms with Gasteiger partial charge in [-0.2, -0.15) is 0 Å². The molecule has 0 amide bonds. The van der Waals surface area contributed by atoms with Gasteiger partial charge in [0.25, 0.3) is 0 Å². The van der Waals surface area contributed by atoms with Gasteiger partial charge in [-0.25, -0.2) is 0 Å². The molecular weight excluding hydrogens is 236 g/mol. The van der Waals surface area contributed by atoms with Crippen molar-refractivity contribution in [2.24, 2.45) is 5.92 Å².